The van der Waals surface area contributed by atoms with Crippen molar-refractivity contribution in [3.8, 4) is 22.9 Å². The molecule has 0 aliphatic carbocycles. The minimum absolute atomic E-state index is 0. The van der Waals surface area contributed by atoms with E-state index in [1.54, 1.807) is 19.2 Å². The van der Waals surface area contributed by atoms with Gasteiger partial charge in [0.05, 0.1) is 31.7 Å². The van der Waals surface area contributed by atoms with Crippen LogP contribution < -0.4 is 14.2 Å². The molecule has 2 saturated heterocycles. The minimum atomic E-state index is -0.489. The number of amides is 1. The van der Waals surface area contributed by atoms with Gasteiger partial charge in [-0.1, -0.05) is 11.6 Å². The van der Waals surface area contributed by atoms with Crippen LogP contribution in [0.5, 0.6) is 17.2 Å². The van der Waals surface area contributed by atoms with Crippen LogP contribution in [0.2, 0.25) is 5.02 Å². The number of carbonyl (C=O) groups excluding carboxylic acids is 1. The molecule has 184 valence electrons. The normalized spacial score (nSPS) is 20.2. The van der Waals surface area contributed by atoms with Crippen molar-refractivity contribution >= 4 is 17.5 Å². The first-order valence-electron chi connectivity index (χ1n) is 11.9. The van der Waals surface area contributed by atoms with Crippen molar-refractivity contribution in [3.63, 3.8) is 0 Å². The van der Waals surface area contributed by atoms with Crippen LogP contribution in [-0.2, 0) is 10.3 Å². The molecule has 0 unspecified atom stereocenters. The van der Waals surface area contributed by atoms with Gasteiger partial charge in [0.1, 0.15) is 11.9 Å². The van der Waals surface area contributed by atoms with Crippen LogP contribution in [0.1, 0.15) is 36.7 Å². The van der Waals surface area contributed by atoms with Gasteiger partial charge in [-0.25, -0.2) is 0 Å². The van der Waals surface area contributed by atoms with Crippen molar-refractivity contribution in [3.05, 3.63) is 71.0 Å². The summed E-state index contributed by atoms with van der Waals surface area (Å²) in [4.78, 5) is 15.3. The van der Waals surface area contributed by atoms with Crippen LogP contribution >= 0.6 is 11.6 Å². The van der Waals surface area contributed by atoms with Gasteiger partial charge in [0.25, 0.3) is 5.91 Å². The third kappa shape index (κ3) is 3.93. The molecule has 1 atom stereocenters. The zero-order valence-electron chi connectivity index (χ0n) is 19.5. The number of likely N-dealkylation sites (tertiary alicyclic amines) is 1. The molecular formula is C27H29ClN2O5. The Bertz CT molecular complexity index is 1260. The molecular weight excluding hydrogens is 468 g/mol. The van der Waals surface area contributed by atoms with Crippen LogP contribution in [-0.4, -0.2) is 54.9 Å². The molecule has 4 heterocycles. The predicted molar refractivity (Wildman–Crippen MR) is 133 cm³/mol. The first-order chi connectivity index (χ1) is 17.1. The van der Waals surface area contributed by atoms with Crippen LogP contribution in [0.4, 0.5) is 0 Å². The molecule has 6 rings (SSSR count). The molecule has 0 radical (unpaired) electrons. The van der Waals surface area contributed by atoms with Crippen LogP contribution in [0, 0.1) is 0 Å². The van der Waals surface area contributed by atoms with Gasteiger partial charge >= 0.3 is 0 Å². The number of piperidine rings is 1. The number of fused-ring (bicyclic) bond motifs is 4. The summed E-state index contributed by atoms with van der Waals surface area (Å²) in [5.74, 6) is 1.93. The number of methoxy groups -OCH3 is 1. The van der Waals surface area contributed by atoms with Crippen LogP contribution in [0.25, 0.3) is 5.69 Å². The number of hydrogen-bond donors (Lipinski definition) is 0. The first kappa shape index (κ1) is 22.3. The smallest absolute Gasteiger partial charge is 0.253 e. The van der Waals surface area contributed by atoms with Gasteiger partial charge in [-0.15, -0.1) is 0 Å². The zero-order valence-corrected chi connectivity index (χ0v) is 20.3. The highest BCUT2D eigenvalue weighted by atomic mass is 35.5. The molecule has 3 aliphatic heterocycles. The second-order valence-electron chi connectivity index (χ2n) is 9.23. The van der Waals surface area contributed by atoms with E-state index in [0.717, 1.165) is 23.6 Å². The lowest BCUT2D eigenvalue weighted by atomic mass is 9.86. The maximum Gasteiger partial charge on any atom is 0.253 e. The summed E-state index contributed by atoms with van der Waals surface area (Å²) in [6.07, 6.45) is 4.29. The standard InChI is InChI=1S/C27H27ClN2O5.H2/c1-32-24-15-18(4-7-22(24)34-20-8-14-33-17-20)26(31)29-12-9-27(10-13-29)25-3-2-11-30(25)21-6-5-19(28)16-23(21)35-27;/h2-7,11,15-16,20H,8-10,12-14,17H2,1H3;1H/t20-;/m1./s1. The molecule has 2 fully saturated rings. The van der Waals surface area contributed by atoms with E-state index in [1.807, 2.05) is 35.2 Å². The lowest BCUT2D eigenvalue weighted by Crippen LogP contribution is -2.50. The number of hydrogen-bond acceptors (Lipinski definition) is 5. The van der Waals surface area contributed by atoms with E-state index in [4.69, 9.17) is 30.5 Å². The Kier molecular flexibility index (Phi) is 5.61. The Morgan fingerprint density at radius 3 is 2.77 bits per heavy atom. The predicted octanol–water partition coefficient (Wildman–Crippen LogP) is 5.08. The number of benzene rings is 2. The zero-order chi connectivity index (χ0) is 24.0. The summed E-state index contributed by atoms with van der Waals surface area (Å²) in [6, 6.07) is 15.2. The fourth-order valence-electron chi connectivity index (χ4n) is 5.29. The molecule has 3 aromatic rings. The Labute approximate surface area is 210 Å². The van der Waals surface area contributed by atoms with E-state index in [-0.39, 0.29) is 13.4 Å². The fourth-order valence-corrected chi connectivity index (χ4v) is 5.45. The summed E-state index contributed by atoms with van der Waals surface area (Å²) < 4.78 is 25.7. The van der Waals surface area contributed by atoms with Gasteiger partial charge < -0.3 is 28.4 Å². The third-order valence-corrected chi connectivity index (χ3v) is 7.39. The number of halogens is 1. The highest BCUT2D eigenvalue weighted by Gasteiger charge is 2.44. The molecule has 1 spiro atoms. The average Bonchev–Trinajstić information content (AvgIpc) is 3.57. The van der Waals surface area contributed by atoms with Gasteiger partial charge in [-0.2, -0.15) is 0 Å². The van der Waals surface area contributed by atoms with E-state index >= 15 is 0 Å². The molecule has 7 nitrogen and oxygen atoms in total. The maximum atomic E-state index is 13.4. The molecule has 3 aliphatic rings. The van der Waals surface area contributed by atoms with Gasteiger partial charge in [0.2, 0.25) is 0 Å². The Morgan fingerprint density at radius 1 is 1.14 bits per heavy atom. The summed E-state index contributed by atoms with van der Waals surface area (Å²) >= 11 is 6.25. The molecule has 1 amide bonds. The van der Waals surface area contributed by atoms with Crippen LogP contribution in [0.15, 0.2) is 54.7 Å². The summed E-state index contributed by atoms with van der Waals surface area (Å²) in [7, 11) is 1.59. The number of carbonyl (C=O) groups is 1. The van der Waals surface area contributed by atoms with Crippen molar-refractivity contribution in [2.75, 3.05) is 33.4 Å². The van der Waals surface area contributed by atoms with Crippen molar-refractivity contribution in [2.24, 2.45) is 0 Å². The van der Waals surface area contributed by atoms with E-state index in [0.29, 0.717) is 61.2 Å². The second-order valence-corrected chi connectivity index (χ2v) is 9.67. The maximum absolute atomic E-state index is 13.4. The highest BCUT2D eigenvalue weighted by molar-refractivity contribution is 6.30. The van der Waals surface area contributed by atoms with Crippen molar-refractivity contribution in [2.45, 2.75) is 31.0 Å². The Balaban J connectivity index is 0.00000267. The van der Waals surface area contributed by atoms with E-state index < -0.39 is 5.60 Å². The van der Waals surface area contributed by atoms with E-state index in [2.05, 4.69) is 16.8 Å². The molecule has 35 heavy (non-hydrogen) atoms. The van der Waals surface area contributed by atoms with Gasteiger partial charge in [0.15, 0.2) is 17.1 Å². The summed E-state index contributed by atoms with van der Waals surface area (Å²) in [5.41, 5.74) is 2.19. The molecule has 0 saturated carbocycles. The van der Waals surface area contributed by atoms with Gasteiger partial charge in [-0.05, 0) is 42.5 Å². The Hall–Kier alpha value is -3.16. The highest BCUT2D eigenvalue weighted by Crippen LogP contribution is 2.46. The largest absolute Gasteiger partial charge is 0.493 e. The minimum Gasteiger partial charge on any atom is -0.493 e. The Morgan fingerprint density at radius 2 is 2.00 bits per heavy atom. The average molecular weight is 497 g/mol. The van der Waals surface area contributed by atoms with Crippen molar-refractivity contribution < 1.29 is 25.2 Å². The first-order valence-corrected chi connectivity index (χ1v) is 12.3. The molecule has 1 aromatic heterocycles. The van der Waals surface area contributed by atoms with E-state index in [9.17, 15) is 4.79 Å². The number of ether oxygens (including phenoxy) is 4. The number of nitrogens with zero attached hydrogens (tertiary/aromatic N) is 2. The van der Waals surface area contributed by atoms with Gasteiger partial charge in [0, 0.05) is 56.6 Å². The van der Waals surface area contributed by atoms with Crippen molar-refractivity contribution in [1.82, 2.24) is 9.47 Å². The summed E-state index contributed by atoms with van der Waals surface area (Å²) in [5, 5.41) is 0.643. The number of aromatic nitrogens is 1. The molecule has 0 bridgehead atoms. The SMILES string of the molecule is COc1cc(C(=O)N2CCC3(CC2)Oc2cc(Cl)ccc2-n2cccc23)ccc1O[C@@H]1CCOC1.[HH]. The lowest BCUT2D eigenvalue weighted by molar-refractivity contribution is -0.00930. The number of rotatable bonds is 4. The molecule has 2 aromatic carbocycles. The lowest BCUT2D eigenvalue weighted by Gasteiger charge is -2.45. The van der Waals surface area contributed by atoms with Crippen LogP contribution in [0.3, 0.4) is 0 Å². The topological polar surface area (TPSA) is 62.2 Å². The second kappa shape index (κ2) is 8.81. The molecule has 0 N–H and O–H groups in total. The van der Waals surface area contributed by atoms with Gasteiger partial charge in [-0.3, -0.25) is 4.79 Å². The molecule has 8 heteroatoms. The van der Waals surface area contributed by atoms with E-state index in [1.165, 1.54) is 0 Å². The quantitative estimate of drug-likeness (QED) is 0.504. The third-order valence-electron chi connectivity index (χ3n) is 7.15. The fraction of sp³-hybridized carbons (Fsp3) is 0.370. The van der Waals surface area contributed by atoms with Crippen molar-refractivity contribution in [1.29, 1.82) is 0 Å². The monoisotopic (exact) mass is 496 g/mol. The summed E-state index contributed by atoms with van der Waals surface area (Å²) in [6.45, 7) is 2.44.